The van der Waals surface area contributed by atoms with Crippen LogP contribution in [0.25, 0.3) is 0 Å². The number of hydrogen-bond acceptors (Lipinski definition) is 3. The van der Waals surface area contributed by atoms with Crippen molar-refractivity contribution in [2.45, 2.75) is 38.5 Å². The summed E-state index contributed by atoms with van der Waals surface area (Å²) in [6, 6.07) is 0. The monoisotopic (exact) mass is 185 g/mol. The lowest BCUT2D eigenvalue weighted by Gasteiger charge is -2.20. The molecule has 0 aromatic carbocycles. The van der Waals surface area contributed by atoms with E-state index in [2.05, 4.69) is 11.8 Å². The Kier molecular flexibility index (Phi) is 4.65. The summed E-state index contributed by atoms with van der Waals surface area (Å²) in [4.78, 5) is 10.5. The number of carbonyl (C=O) groups is 1. The zero-order chi connectivity index (χ0) is 9.52. The Morgan fingerprint density at radius 3 is 2.62 bits per heavy atom. The van der Waals surface area contributed by atoms with Crippen LogP contribution < -0.4 is 0 Å². The van der Waals surface area contributed by atoms with Gasteiger partial charge in [0.05, 0.1) is 6.61 Å². The van der Waals surface area contributed by atoms with Crippen molar-refractivity contribution in [3.63, 3.8) is 0 Å². The third-order valence-corrected chi connectivity index (χ3v) is 2.59. The van der Waals surface area contributed by atoms with Gasteiger partial charge in [0.25, 0.3) is 0 Å². The zero-order valence-electron chi connectivity index (χ0n) is 7.96. The summed E-state index contributed by atoms with van der Waals surface area (Å²) in [7, 11) is 2.98. The molecular formula is C10H17O3. The summed E-state index contributed by atoms with van der Waals surface area (Å²) in [5.41, 5.74) is 0. The van der Waals surface area contributed by atoms with Crippen LogP contribution in [0, 0.1) is 13.0 Å². The predicted octanol–water partition coefficient (Wildman–Crippen LogP) is 2.90. The third kappa shape index (κ3) is 4.15. The second-order valence-electron chi connectivity index (χ2n) is 3.54. The van der Waals surface area contributed by atoms with Crippen LogP contribution in [0.2, 0.25) is 0 Å². The number of ether oxygens (including phenoxy) is 2. The highest BCUT2D eigenvalue weighted by atomic mass is 16.7. The SMILES string of the molecule is [CH2]OC(=O)OCCC1CCCCC1. The van der Waals surface area contributed by atoms with Gasteiger partial charge in [-0.2, -0.15) is 0 Å². The first-order valence-corrected chi connectivity index (χ1v) is 4.91. The number of hydrogen-bond donors (Lipinski definition) is 0. The van der Waals surface area contributed by atoms with Gasteiger partial charge >= 0.3 is 6.16 Å². The molecule has 1 rings (SSSR count). The average molecular weight is 185 g/mol. The molecule has 0 bridgehead atoms. The molecule has 0 aliphatic heterocycles. The van der Waals surface area contributed by atoms with Gasteiger partial charge in [-0.15, -0.1) is 0 Å². The molecule has 75 valence electrons. The molecule has 1 aliphatic rings. The maximum Gasteiger partial charge on any atom is 0.508 e. The van der Waals surface area contributed by atoms with E-state index in [1.807, 2.05) is 0 Å². The van der Waals surface area contributed by atoms with Gasteiger partial charge < -0.3 is 9.47 Å². The molecule has 1 saturated carbocycles. The van der Waals surface area contributed by atoms with Crippen molar-refractivity contribution in [2.24, 2.45) is 5.92 Å². The van der Waals surface area contributed by atoms with Crippen LogP contribution in [0.3, 0.4) is 0 Å². The minimum atomic E-state index is -0.671. The molecule has 1 fully saturated rings. The standard InChI is InChI=1S/C10H17O3/c1-12-10(11)13-8-7-9-5-3-2-4-6-9/h9H,1-8H2. The van der Waals surface area contributed by atoms with E-state index in [0.29, 0.717) is 6.61 Å². The van der Waals surface area contributed by atoms with Crippen LogP contribution in [0.5, 0.6) is 0 Å². The highest BCUT2D eigenvalue weighted by molar-refractivity contribution is 5.59. The molecule has 3 nitrogen and oxygen atoms in total. The fraction of sp³-hybridized carbons (Fsp3) is 0.800. The van der Waals surface area contributed by atoms with Crippen molar-refractivity contribution in [1.29, 1.82) is 0 Å². The van der Waals surface area contributed by atoms with Crippen LogP contribution in [0.15, 0.2) is 0 Å². The van der Waals surface area contributed by atoms with Crippen molar-refractivity contribution < 1.29 is 14.3 Å². The van der Waals surface area contributed by atoms with Gasteiger partial charge in [-0.1, -0.05) is 32.1 Å². The largest absolute Gasteiger partial charge is 0.508 e. The average Bonchev–Trinajstić information content (AvgIpc) is 2.19. The summed E-state index contributed by atoms with van der Waals surface area (Å²) in [5, 5.41) is 0. The van der Waals surface area contributed by atoms with Crippen LogP contribution in [0.1, 0.15) is 38.5 Å². The Labute approximate surface area is 79.4 Å². The molecule has 0 N–H and O–H groups in total. The van der Waals surface area contributed by atoms with E-state index < -0.39 is 6.16 Å². The first-order valence-electron chi connectivity index (χ1n) is 4.91. The van der Waals surface area contributed by atoms with Gasteiger partial charge in [-0.3, -0.25) is 0 Å². The van der Waals surface area contributed by atoms with Crippen LogP contribution >= 0.6 is 0 Å². The van der Waals surface area contributed by atoms with E-state index in [4.69, 9.17) is 4.74 Å². The summed E-state index contributed by atoms with van der Waals surface area (Å²) in [6.07, 6.45) is 6.87. The minimum absolute atomic E-state index is 0.471. The van der Waals surface area contributed by atoms with Gasteiger partial charge in [0.1, 0.15) is 7.11 Å². The normalized spacial score (nSPS) is 18.2. The van der Waals surface area contributed by atoms with Gasteiger partial charge in [0.2, 0.25) is 0 Å². The molecule has 0 atom stereocenters. The summed E-state index contributed by atoms with van der Waals surface area (Å²) in [5.74, 6) is 0.742. The minimum Gasteiger partial charge on any atom is -0.434 e. The van der Waals surface area contributed by atoms with Crippen molar-refractivity contribution in [3.05, 3.63) is 7.11 Å². The Bertz CT molecular complexity index is 150. The molecule has 0 aromatic heterocycles. The highest BCUT2D eigenvalue weighted by Gasteiger charge is 2.13. The molecule has 1 aliphatic carbocycles. The van der Waals surface area contributed by atoms with E-state index in [9.17, 15) is 4.79 Å². The number of carbonyl (C=O) groups excluding carboxylic acids is 1. The molecular weight excluding hydrogens is 168 g/mol. The zero-order valence-corrected chi connectivity index (χ0v) is 7.96. The number of rotatable bonds is 3. The van der Waals surface area contributed by atoms with Crippen LogP contribution in [-0.4, -0.2) is 12.8 Å². The summed E-state index contributed by atoms with van der Waals surface area (Å²) >= 11 is 0. The molecule has 0 spiro atoms. The van der Waals surface area contributed by atoms with Crippen molar-refractivity contribution >= 4 is 6.16 Å². The van der Waals surface area contributed by atoms with E-state index in [1.54, 1.807) is 0 Å². The van der Waals surface area contributed by atoms with Crippen molar-refractivity contribution in [3.8, 4) is 0 Å². The maximum absolute atomic E-state index is 10.5. The highest BCUT2D eigenvalue weighted by Crippen LogP contribution is 2.25. The molecule has 13 heavy (non-hydrogen) atoms. The van der Waals surface area contributed by atoms with Crippen molar-refractivity contribution in [1.82, 2.24) is 0 Å². The first kappa shape index (κ1) is 10.4. The van der Waals surface area contributed by atoms with E-state index in [0.717, 1.165) is 12.3 Å². The molecule has 0 heterocycles. The molecule has 0 amide bonds. The van der Waals surface area contributed by atoms with E-state index in [1.165, 1.54) is 32.1 Å². The molecule has 0 aromatic rings. The van der Waals surface area contributed by atoms with Crippen LogP contribution in [-0.2, 0) is 9.47 Å². The maximum atomic E-state index is 10.5. The topological polar surface area (TPSA) is 35.5 Å². The van der Waals surface area contributed by atoms with E-state index in [-0.39, 0.29) is 0 Å². The fourth-order valence-corrected chi connectivity index (χ4v) is 1.83. The Morgan fingerprint density at radius 2 is 2.00 bits per heavy atom. The third-order valence-electron chi connectivity index (χ3n) is 2.59. The quantitative estimate of drug-likeness (QED) is 0.634. The Hall–Kier alpha value is -0.730. The lowest BCUT2D eigenvalue weighted by Crippen LogP contribution is -2.11. The lowest BCUT2D eigenvalue weighted by molar-refractivity contribution is 0.0761. The van der Waals surface area contributed by atoms with Gasteiger partial charge in [-0.25, -0.2) is 4.79 Å². The molecule has 0 saturated heterocycles. The lowest BCUT2D eigenvalue weighted by atomic mass is 9.87. The van der Waals surface area contributed by atoms with E-state index >= 15 is 0 Å². The van der Waals surface area contributed by atoms with Crippen molar-refractivity contribution in [2.75, 3.05) is 6.61 Å². The Balaban J connectivity index is 2.01. The Morgan fingerprint density at radius 1 is 1.31 bits per heavy atom. The van der Waals surface area contributed by atoms with Gasteiger partial charge in [0.15, 0.2) is 0 Å². The molecule has 3 heteroatoms. The fourth-order valence-electron chi connectivity index (χ4n) is 1.83. The summed E-state index contributed by atoms with van der Waals surface area (Å²) < 4.78 is 8.90. The molecule has 1 radical (unpaired) electrons. The molecule has 0 unspecified atom stereocenters. The van der Waals surface area contributed by atoms with Gasteiger partial charge in [0, 0.05) is 0 Å². The smallest absolute Gasteiger partial charge is 0.434 e. The predicted molar refractivity (Wildman–Crippen MR) is 49.0 cm³/mol. The summed E-state index contributed by atoms with van der Waals surface area (Å²) in [6.45, 7) is 0.471. The van der Waals surface area contributed by atoms with Crippen LogP contribution in [0.4, 0.5) is 4.79 Å². The first-order chi connectivity index (χ1) is 6.33. The second-order valence-corrected chi connectivity index (χ2v) is 3.54. The second kappa shape index (κ2) is 5.84. The van der Waals surface area contributed by atoms with Gasteiger partial charge in [-0.05, 0) is 12.3 Å².